The van der Waals surface area contributed by atoms with Crippen molar-refractivity contribution in [3.05, 3.63) is 0 Å². The standard InChI is InChI=1S/C8H13NO2/c10-7-8(3-1-2-4-8)11-6-5-9-7/h1-6H2,(H,9,10). The molecule has 2 rings (SSSR count). The van der Waals surface area contributed by atoms with Crippen LogP contribution in [0.4, 0.5) is 0 Å². The van der Waals surface area contributed by atoms with Crippen LogP contribution in [0.3, 0.4) is 0 Å². The minimum absolute atomic E-state index is 0.112. The van der Waals surface area contributed by atoms with Crippen LogP contribution in [0, 0.1) is 0 Å². The molecule has 0 aromatic carbocycles. The zero-order valence-corrected chi connectivity index (χ0v) is 6.56. The Bertz CT molecular complexity index is 173. The van der Waals surface area contributed by atoms with Crippen molar-refractivity contribution in [2.75, 3.05) is 13.2 Å². The van der Waals surface area contributed by atoms with E-state index in [0.29, 0.717) is 13.2 Å². The van der Waals surface area contributed by atoms with Crippen molar-refractivity contribution in [3.63, 3.8) is 0 Å². The van der Waals surface area contributed by atoms with Crippen molar-refractivity contribution < 1.29 is 9.53 Å². The molecular weight excluding hydrogens is 142 g/mol. The highest BCUT2D eigenvalue weighted by Gasteiger charge is 2.43. The lowest BCUT2D eigenvalue weighted by Crippen LogP contribution is -2.53. The van der Waals surface area contributed by atoms with Crippen LogP contribution in [0.2, 0.25) is 0 Å². The Labute approximate surface area is 66.1 Å². The zero-order chi connectivity index (χ0) is 7.73. The van der Waals surface area contributed by atoms with Gasteiger partial charge in [-0.3, -0.25) is 4.79 Å². The number of hydrogen-bond acceptors (Lipinski definition) is 2. The van der Waals surface area contributed by atoms with Crippen LogP contribution in [0.5, 0.6) is 0 Å². The summed E-state index contributed by atoms with van der Waals surface area (Å²) in [6.45, 7) is 1.37. The van der Waals surface area contributed by atoms with E-state index in [1.54, 1.807) is 0 Å². The molecule has 1 saturated carbocycles. The first-order valence-electron chi connectivity index (χ1n) is 4.26. The van der Waals surface area contributed by atoms with E-state index >= 15 is 0 Å². The van der Waals surface area contributed by atoms with E-state index in [4.69, 9.17) is 4.74 Å². The summed E-state index contributed by atoms with van der Waals surface area (Å²) in [4.78, 5) is 11.4. The van der Waals surface area contributed by atoms with Crippen molar-refractivity contribution in [2.45, 2.75) is 31.3 Å². The Morgan fingerprint density at radius 3 is 2.73 bits per heavy atom. The molecule has 0 bridgehead atoms. The Morgan fingerprint density at radius 2 is 2.09 bits per heavy atom. The van der Waals surface area contributed by atoms with Gasteiger partial charge in [0.1, 0.15) is 5.60 Å². The molecule has 0 radical (unpaired) electrons. The lowest BCUT2D eigenvalue weighted by atomic mass is 10.00. The van der Waals surface area contributed by atoms with Crippen LogP contribution in [0.15, 0.2) is 0 Å². The molecule has 1 amide bonds. The van der Waals surface area contributed by atoms with E-state index in [1.165, 1.54) is 0 Å². The lowest BCUT2D eigenvalue weighted by molar-refractivity contribution is -0.153. The highest BCUT2D eigenvalue weighted by Crippen LogP contribution is 2.34. The summed E-state index contributed by atoms with van der Waals surface area (Å²) in [6.07, 6.45) is 4.10. The smallest absolute Gasteiger partial charge is 0.252 e. The second kappa shape index (κ2) is 2.48. The average molecular weight is 155 g/mol. The van der Waals surface area contributed by atoms with Gasteiger partial charge in [-0.25, -0.2) is 0 Å². The van der Waals surface area contributed by atoms with Crippen LogP contribution < -0.4 is 5.32 Å². The number of carbonyl (C=O) groups excluding carboxylic acids is 1. The highest BCUT2D eigenvalue weighted by molar-refractivity contribution is 5.86. The van der Waals surface area contributed by atoms with Gasteiger partial charge in [0.2, 0.25) is 0 Å². The van der Waals surface area contributed by atoms with Crippen LogP contribution >= 0.6 is 0 Å². The summed E-state index contributed by atoms with van der Waals surface area (Å²) < 4.78 is 5.53. The molecule has 3 heteroatoms. The van der Waals surface area contributed by atoms with E-state index in [0.717, 1.165) is 25.7 Å². The molecule has 0 atom stereocenters. The van der Waals surface area contributed by atoms with Crippen molar-refractivity contribution in [3.8, 4) is 0 Å². The predicted octanol–water partition coefficient (Wildman–Crippen LogP) is 0.446. The molecule has 0 aromatic rings. The number of ether oxygens (including phenoxy) is 1. The fourth-order valence-corrected chi connectivity index (χ4v) is 1.96. The summed E-state index contributed by atoms with van der Waals surface area (Å²) in [5.74, 6) is 0.112. The molecule has 1 N–H and O–H groups in total. The molecule has 11 heavy (non-hydrogen) atoms. The molecule has 1 aliphatic carbocycles. The van der Waals surface area contributed by atoms with Crippen LogP contribution in [-0.2, 0) is 9.53 Å². The lowest BCUT2D eigenvalue weighted by Gasteiger charge is -2.32. The van der Waals surface area contributed by atoms with Gasteiger partial charge in [-0.2, -0.15) is 0 Å². The molecule has 3 nitrogen and oxygen atoms in total. The second-order valence-corrected chi connectivity index (χ2v) is 3.31. The van der Waals surface area contributed by atoms with E-state index in [-0.39, 0.29) is 5.91 Å². The molecular formula is C8H13NO2. The van der Waals surface area contributed by atoms with Gasteiger partial charge in [-0.15, -0.1) is 0 Å². The van der Waals surface area contributed by atoms with Crippen molar-refractivity contribution in [2.24, 2.45) is 0 Å². The Hall–Kier alpha value is -0.570. The van der Waals surface area contributed by atoms with Gasteiger partial charge in [0.25, 0.3) is 5.91 Å². The summed E-state index contributed by atoms with van der Waals surface area (Å²) >= 11 is 0. The number of amides is 1. The third-order valence-corrected chi connectivity index (χ3v) is 2.59. The fourth-order valence-electron chi connectivity index (χ4n) is 1.96. The number of hydrogen-bond donors (Lipinski definition) is 1. The first-order chi connectivity index (χ1) is 5.33. The molecule has 62 valence electrons. The number of rotatable bonds is 0. The number of nitrogens with one attached hydrogen (secondary N) is 1. The van der Waals surface area contributed by atoms with Crippen molar-refractivity contribution in [1.82, 2.24) is 5.32 Å². The van der Waals surface area contributed by atoms with Crippen LogP contribution in [0.25, 0.3) is 0 Å². The first kappa shape index (κ1) is 7.10. The minimum Gasteiger partial charge on any atom is -0.363 e. The summed E-state index contributed by atoms with van der Waals surface area (Å²) in [7, 11) is 0. The van der Waals surface area contributed by atoms with E-state index in [2.05, 4.69) is 5.32 Å². The average Bonchev–Trinajstić information content (AvgIpc) is 2.46. The van der Waals surface area contributed by atoms with Crippen LogP contribution in [-0.4, -0.2) is 24.7 Å². The SMILES string of the molecule is O=C1NCCOC12CCCC2. The number of morpholine rings is 1. The summed E-state index contributed by atoms with van der Waals surface area (Å²) in [5, 5.41) is 2.85. The largest absolute Gasteiger partial charge is 0.363 e. The maximum atomic E-state index is 11.4. The van der Waals surface area contributed by atoms with Gasteiger partial charge in [0.15, 0.2) is 0 Å². The molecule has 1 aliphatic heterocycles. The third kappa shape index (κ3) is 1.03. The van der Waals surface area contributed by atoms with Crippen molar-refractivity contribution >= 4 is 5.91 Å². The quantitative estimate of drug-likeness (QED) is 0.551. The van der Waals surface area contributed by atoms with Gasteiger partial charge >= 0.3 is 0 Å². The van der Waals surface area contributed by atoms with Crippen LogP contribution in [0.1, 0.15) is 25.7 Å². The maximum absolute atomic E-state index is 11.4. The molecule has 0 aromatic heterocycles. The first-order valence-corrected chi connectivity index (χ1v) is 4.26. The molecule has 1 saturated heterocycles. The predicted molar refractivity (Wildman–Crippen MR) is 40.2 cm³/mol. The molecule has 2 aliphatic rings. The van der Waals surface area contributed by atoms with Gasteiger partial charge in [0, 0.05) is 6.54 Å². The van der Waals surface area contributed by atoms with Crippen molar-refractivity contribution in [1.29, 1.82) is 0 Å². The second-order valence-electron chi connectivity index (χ2n) is 3.31. The highest BCUT2D eigenvalue weighted by atomic mass is 16.5. The topological polar surface area (TPSA) is 38.3 Å². The Kier molecular flexibility index (Phi) is 1.60. The molecule has 1 heterocycles. The maximum Gasteiger partial charge on any atom is 0.252 e. The monoisotopic (exact) mass is 155 g/mol. The number of carbonyl (C=O) groups is 1. The van der Waals surface area contributed by atoms with E-state index < -0.39 is 5.60 Å². The van der Waals surface area contributed by atoms with Gasteiger partial charge in [-0.1, -0.05) is 0 Å². The Morgan fingerprint density at radius 1 is 1.36 bits per heavy atom. The molecule has 1 spiro atoms. The normalized spacial score (nSPS) is 28.9. The Balaban J connectivity index is 2.13. The van der Waals surface area contributed by atoms with E-state index in [9.17, 15) is 4.79 Å². The van der Waals surface area contributed by atoms with Gasteiger partial charge in [-0.05, 0) is 25.7 Å². The molecule has 0 unspecified atom stereocenters. The zero-order valence-electron chi connectivity index (χ0n) is 6.56. The minimum atomic E-state index is -0.418. The summed E-state index contributed by atoms with van der Waals surface area (Å²) in [5.41, 5.74) is -0.418. The third-order valence-electron chi connectivity index (χ3n) is 2.59. The summed E-state index contributed by atoms with van der Waals surface area (Å²) in [6, 6.07) is 0. The molecule has 2 fully saturated rings. The van der Waals surface area contributed by atoms with E-state index in [1.807, 2.05) is 0 Å². The van der Waals surface area contributed by atoms with Gasteiger partial charge in [0.05, 0.1) is 6.61 Å². The van der Waals surface area contributed by atoms with Gasteiger partial charge < -0.3 is 10.1 Å². The fraction of sp³-hybridized carbons (Fsp3) is 0.875.